The Morgan fingerprint density at radius 3 is 2.22 bits per heavy atom. The molecule has 0 N–H and O–H groups in total. The summed E-state index contributed by atoms with van der Waals surface area (Å²) in [5.74, 6) is 0.678. The van der Waals surface area contributed by atoms with E-state index >= 15 is 0 Å². The molecule has 0 bridgehead atoms. The first-order chi connectivity index (χ1) is 10.1. The van der Waals surface area contributed by atoms with Gasteiger partial charge >= 0.3 is 140 Å². The molecule has 0 aliphatic heterocycles. The van der Waals surface area contributed by atoms with Crippen LogP contribution in [-0.4, -0.2) is 0 Å². The van der Waals surface area contributed by atoms with Crippen LogP contribution in [0.1, 0.15) is 39.7 Å². The molecule has 0 amide bonds. The van der Waals surface area contributed by atoms with Gasteiger partial charge in [0.2, 0.25) is 0 Å². The first-order valence-electron chi connectivity index (χ1n) is 7.68. The third kappa shape index (κ3) is 4.38. The van der Waals surface area contributed by atoms with Crippen LogP contribution >= 0.6 is 0 Å². The zero-order valence-electron chi connectivity index (χ0n) is 14.1. The Balaban J connectivity index is 0.00000132. The zero-order chi connectivity index (χ0) is 15.0. The van der Waals surface area contributed by atoms with Gasteiger partial charge in [-0.05, 0) is 0 Å². The summed E-state index contributed by atoms with van der Waals surface area (Å²) >= 11 is -0.612. The Bertz CT molecular complexity index is 694. The SMILES string of the molecule is CC1=CC(C)[C]([Zr+2][C]2=C(C)C=C(c3ccccc3)C2)=C1C.[Cl-].[Cl-]. The fourth-order valence-corrected chi connectivity index (χ4v) is 7.07. The molecule has 1 unspecified atom stereocenters. The van der Waals surface area contributed by atoms with Crippen LogP contribution in [0, 0.1) is 5.92 Å². The second-order valence-corrected chi connectivity index (χ2v) is 9.60. The van der Waals surface area contributed by atoms with Crippen LogP contribution in [0.5, 0.6) is 0 Å². The fourth-order valence-electron chi connectivity index (χ4n) is 3.22. The zero-order valence-corrected chi connectivity index (χ0v) is 18.1. The van der Waals surface area contributed by atoms with Gasteiger partial charge in [-0.15, -0.1) is 0 Å². The summed E-state index contributed by atoms with van der Waals surface area (Å²) in [4.78, 5) is 0. The molecule has 0 saturated carbocycles. The average Bonchev–Trinajstić information content (AvgIpc) is 2.96. The van der Waals surface area contributed by atoms with E-state index in [1.54, 1.807) is 12.1 Å². The second-order valence-electron chi connectivity index (χ2n) is 6.18. The standard InChI is InChI=1S/C12H11.C8H11.2ClH.Zr/c1-10-7-8-12(9-10)11-5-3-2-4-6-11;1-6-4-7(2)8(3)5-6;;;/h2-6,9H,8H2,1H3;4,6H,1-3H3;2*1H;/q;;;;+2/p-2. The first kappa shape index (κ1) is 20.7. The van der Waals surface area contributed by atoms with Crippen molar-refractivity contribution in [3.63, 3.8) is 0 Å². The number of hydrogen-bond donors (Lipinski definition) is 0. The normalized spacial score (nSPS) is 19.7. The van der Waals surface area contributed by atoms with Crippen LogP contribution in [-0.2, 0) is 23.2 Å². The Morgan fingerprint density at radius 2 is 1.65 bits per heavy atom. The van der Waals surface area contributed by atoms with E-state index in [-0.39, 0.29) is 24.8 Å². The molecule has 1 atom stereocenters. The second kappa shape index (κ2) is 8.66. The molecular weight excluding hydrogens is 402 g/mol. The van der Waals surface area contributed by atoms with Gasteiger partial charge in [0.1, 0.15) is 0 Å². The van der Waals surface area contributed by atoms with Crippen molar-refractivity contribution in [2.24, 2.45) is 5.92 Å². The van der Waals surface area contributed by atoms with Gasteiger partial charge in [-0.2, -0.15) is 0 Å². The van der Waals surface area contributed by atoms with E-state index in [1.165, 1.54) is 28.7 Å². The molecule has 0 fully saturated rings. The van der Waals surface area contributed by atoms with Crippen LogP contribution in [0.25, 0.3) is 5.57 Å². The molecule has 1 aromatic carbocycles. The van der Waals surface area contributed by atoms with Crippen molar-refractivity contribution in [3.8, 4) is 0 Å². The largest absolute Gasteiger partial charge is 1.00 e. The van der Waals surface area contributed by atoms with Crippen LogP contribution in [0.15, 0.2) is 65.8 Å². The summed E-state index contributed by atoms with van der Waals surface area (Å²) in [6, 6.07) is 10.9. The third-order valence-corrected chi connectivity index (χ3v) is 9.46. The molecule has 1 aromatic rings. The molecule has 0 nitrogen and oxygen atoms in total. The topological polar surface area (TPSA) is 0 Å². The number of allylic oxidation sites excluding steroid dienone is 8. The molecule has 0 spiro atoms. The maximum Gasteiger partial charge on any atom is -1.00 e. The minimum absolute atomic E-state index is 0. The third-order valence-electron chi connectivity index (χ3n) is 4.61. The molecule has 0 radical (unpaired) electrons. The van der Waals surface area contributed by atoms with Crippen LogP contribution in [0.4, 0.5) is 0 Å². The Labute approximate surface area is 164 Å². The maximum absolute atomic E-state index is 2.45. The van der Waals surface area contributed by atoms with Crippen molar-refractivity contribution >= 4 is 5.57 Å². The van der Waals surface area contributed by atoms with E-state index < -0.39 is 23.2 Å². The fraction of sp³-hybridized carbons (Fsp3) is 0.300. The van der Waals surface area contributed by atoms with Crippen molar-refractivity contribution in [1.82, 2.24) is 0 Å². The molecule has 0 saturated heterocycles. The molecule has 23 heavy (non-hydrogen) atoms. The van der Waals surface area contributed by atoms with Crippen LogP contribution in [0.2, 0.25) is 0 Å². The summed E-state index contributed by atoms with van der Waals surface area (Å²) in [6.07, 6.45) is 6.05. The van der Waals surface area contributed by atoms with Gasteiger partial charge in [0.15, 0.2) is 0 Å². The minimum atomic E-state index is -0.612. The molecule has 2 aliphatic rings. The van der Waals surface area contributed by atoms with Gasteiger partial charge in [-0.3, -0.25) is 0 Å². The number of hydrogen-bond acceptors (Lipinski definition) is 0. The summed E-state index contributed by atoms with van der Waals surface area (Å²) in [7, 11) is 0. The molecule has 0 aromatic heterocycles. The summed E-state index contributed by atoms with van der Waals surface area (Å²) in [6.45, 7) is 9.26. The van der Waals surface area contributed by atoms with Crippen molar-refractivity contribution < 1.29 is 48.0 Å². The van der Waals surface area contributed by atoms with Gasteiger partial charge in [0.25, 0.3) is 0 Å². The van der Waals surface area contributed by atoms with E-state index in [9.17, 15) is 0 Å². The average molecular weight is 425 g/mol. The van der Waals surface area contributed by atoms with Gasteiger partial charge in [0, 0.05) is 0 Å². The van der Waals surface area contributed by atoms with E-state index in [0.717, 1.165) is 0 Å². The maximum atomic E-state index is 2.45. The van der Waals surface area contributed by atoms with Crippen LogP contribution in [0.3, 0.4) is 0 Å². The molecule has 2 aliphatic carbocycles. The number of rotatable bonds is 3. The monoisotopic (exact) mass is 422 g/mol. The predicted molar refractivity (Wildman–Crippen MR) is 87.4 cm³/mol. The van der Waals surface area contributed by atoms with E-state index in [1.807, 2.05) is 0 Å². The Morgan fingerprint density at radius 1 is 1.00 bits per heavy atom. The Hall–Kier alpha value is -0.357. The molecule has 3 rings (SSSR count). The van der Waals surface area contributed by atoms with E-state index in [2.05, 4.69) is 70.2 Å². The summed E-state index contributed by atoms with van der Waals surface area (Å²) < 4.78 is 3.55. The van der Waals surface area contributed by atoms with Gasteiger partial charge in [-0.25, -0.2) is 0 Å². The van der Waals surface area contributed by atoms with Crippen molar-refractivity contribution in [1.29, 1.82) is 0 Å². The summed E-state index contributed by atoms with van der Waals surface area (Å²) in [5, 5.41) is 0. The van der Waals surface area contributed by atoms with E-state index in [4.69, 9.17) is 0 Å². The van der Waals surface area contributed by atoms with Gasteiger partial charge in [-0.1, -0.05) is 0 Å². The smallest absolute Gasteiger partial charge is 1.00 e. The first-order valence-corrected chi connectivity index (χ1v) is 10.1. The number of benzene rings is 1. The molecule has 120 valence electrons. The van der Waals surface area contributed by atoms with Crippen molar-refractivity contribution in [3.05, 3.63) is 71.3 Å². The van der Waals surface area contributed by atoms with Gasteiger partial charge < -0.3 is 24.8 Å². The minimum Gasteiger partial charge on any atom is -1.00 e. The van der Waals surface area contributed by atoms with Crippen molar-refractivity contribution in [2.45, 2.75) is 34.1 Å². The Kier molecular flexibility index (Phi) is 7.79. The predicted octanol–water partition coefficient (Wildman–Crippen LogP) is -0.292. The van der Waals surface area contributed by atoms with Crippen molar-refractivity contribution in [2.75, 3.05) is 0 Å². The molecule has 0 heterocycles. The molecular formula is C20H22Cl2Zr. The van der Waals surface area contributed by atoms with Crippen LogP contribution < -0.4 is 24.8 Å². The summed E-state index contributed by atoms with van der Waals surface area (Å²) in [5.41, 5.74) is 7.54. The quantitative estimate of drug-likeness (QED) is 0.626. The molecule has 3 heteroatoms. The number of halogens is 2. The van der Waals surface area contributed by atoms with Gasteiger partial charge in [0.05, 0.1) is 0 Å². The van der Waals surface area contributed by atoms with E-state index in [0.29, 0.717) is 5.92 Å².